The number of hydrogen-bond acceptors (Lipinski definition) is 5. The third-order valence-electron chi connectivity index (χ3n) is 3.94. The van der Waals surface area contributed by atoms with E-state index in [-0.39, 0.29) is 24.5 Å². The Labute approximate surface area is 163 Å². The summed E-state index contributed by atoms with van der Waals surface area (Å²) >= 11 is 0. The van der Waals surface area contributed by atoms with Gasteiger partial charge in [0.25, 0.3) is 0 Å². The number of ether oxygens (including phenoxy) is 2. The highest BCUT2D eigenvalue weighted by molar-refractivity contribution is 5.94. The lowest BCUT2D eigenvalue weighted by atomic mass is 10.1. The van der Waals surface area contributed by atoms with Crippen molar-refractivity contribution in [3.63, 3.8) is 0 Å². The van der Waals surface area contributed by atoms with Crippen molar-refractivity contribution in [1.29, 1.82) is 0 Å². The summed E-state index contributed by atoms with van der Waals surface area (Å²) in [6.07, 6.45) is 0.636. The van der Waals surface area contributed by atoms with Gasteiger partial charge in [0.1, 0.15) is 0 Å². The highest BCUT2D eigenvalue weighted by atomic mass is 16.5. The number of nitrogens with one attached hydrogen (secondary N) is 1. The fourth-order valence-electron chi connectivity index (χ4n) is 2.58. The van der Waals surface area contributed by atoms with Crippen LogP contribution >= 0.6 is 0 Å². The fraction of sp³-hybridized carbons (Fsp3) is 0.286. The van der Waals surface area contributed by atoms with Crippen molar-refractivity contribution in [2.24, 2.45) is 0 Å². The molecule has 0 radical (unpaired) electrons. The van der Waals surface area contributed by atoms with Crippen LogP contribution in [0.15, 0.2) is 42.5 Å². The Bertz CT molecular complexity index is 862. The lowest BCUT2D eigenvalue weighted by molar-refractivity contribution is -0.136. The second kappa shape index (κ2) is 10.1. The first-order valence-electron chi connectivity index (χ1n) is 8.81. The van der Waals surface area contributed by atoms with Gasteiger partial charge in [0.15, 0.2) is 17.3 Å². The van der Waals surface area contributed by atoms with Crippen molar-refractivity contribution in [2.75, 3.05) is 19.0 Å². The number of amides is 1. The Morgan fingerprint density at radius 3 is 2.54 bits per heavy atom. The summed E-state index contributed by atoms with van der Waals surface area (Å²) in [7, 11) is 1.50. The molecule has 0 spiro atoms. The molecule has 2 aromatic rings. The lowest BCUT2D eigenvalue weighted by Crippen LogP contribution is -2.13. The maximum Gasteiger partial charge on any atom is 0.307 e. The molecule has 2 N–H and O–H groups in total. The van der Waals surface area contributed by atoms with Crippen LogP contribution in [-0.4, -0.2) is 36.5 Å². The highest BCUT2D eigenvalue weighted by Crippen LogP contribution is 2.28. The number of benzene rings is 2. The van der Waals surface area contributed by atoms with E-state index >= 15 is 0 Å². The molecule has 28 heavy (non-hydrogen) atoms. The van der Waals surface area contributed by atoms with Crippen LogP contribution in [0.1, 0.15) is 35.7 Å². The van der Waals surface area contributed by atoms with Gasteiger partial charge in [-0.05, 0) is 49.2 Å². The van der Waals surface area contributed by atoms with Crippen LogP contribution in [-0.2, 0) is 16.0 Å². The number of anilines is 1. The predicted octanol–water partition coefficient (Wildman–Crippen LogP) is 3.32. The van der Waals surface area contributed by atoms with E-state index in [1.54, 1.807) is 42.5 Å². The minimum atomic E-state index is -0.924. The minimum absolute atomic E-state index is 0.0612. The third-order valence-corrected chi connectivity index (χ3v) is 3.94. The number of aliphatic carboxylic acids is 1. The summed E-state index contributed by atoms with van der Waals surface area (Å²) in [6, 6.07) is 11.7. The van der Waals surface area contributed by atoms with Gasteiger partial charge in [-0.1, -0.05) is 12.1 Å². The molecule has 0 aliphatic heterocycles. The topological polar surface area (TPSA) is 102 Å². The average Bonchev–Trinajstić information content (AvgIpc) is 2.64. The number of methoxy groups -OCH3 is 1. The van der Waals surface area contributed by atoms with Crippen molar-refractivity contribution in [1.82, 2.24) is 0 Å². The number of carboxylic acids is 1. The van der Waals surface area contributed by atoms with Crippen molar-refractivity contribution in [3.05, 3.63) is 53.6 Å². The maximum absolute atomic E-state index is 12.1. The van der Waals surface area contributed by atoms with E-state index in [0.717, 1.165) is 0 Å². The molecule has 148 valence electrons. The van der Waals surface area contributed by atoms with Gasteiger partial charge in [0.05, 0.1) is 20.1 Å². The van der Waals surface area contributed by atoms with E-state index < -0.39 is 5.97 Å². The van der Waals surface area contributed by atoms with Crippen molar-refractivity contribution < 1.29 is 29.0 Å². The van der Waals surface area contributed by atoms with Gasteiger partial charge in [-0.25, -0.2) is 0 Å². The highest BCUT2D eigenvalue weighted by Gasteiger charge is 2.09. The molecule has 2 rings (SSSR count). The molecule has 0 saturated carbocycles. The first-order chi connectivity index (χ1) is 13.4. The number of carboxylic acid groups (broad SMARTS) is 1. The lowest BCUT2D eigenvalue weighted by Gasteiger charge is -2.11. The van der Waals surface area contributed by atoms with E-state index in [0.29, 0.717) is 41.3 Å². The van der Waals surface area contributed by atoms with Gasteiger partial charge >= 0.3 is 5.97 Å². The number of carbonyl (C=O) groups is 3. The fourth-order valence-corrected chi connectivity index (χ4v) is 2.58. The van der Waals surface area contributed by atoms with Crippen LogP contribution in [0.5, 0.6) is 11.5 Å². The molecular formula is C21H23NO6. The Kier molecular flexibility index (Phi) is 7.56. The Balaban J connectivity index is 1.81. The zero-order chi connectivity index (χ0) is 20.5. The second-order valence-electron chi connectivity index (χ2n) is 6.19. The maximum atomic E-state index is 12.1. The SMILES string of the molecule is COc1cc(C(C)=O)ccc1OCCCC(=O)Nc1cccc(CC(=O)O)c1. The second-order valence-corrected chi connectivity index (χ2v) is 6.19. The minimum Gasteiger partial charge on any atom is -0.493 e. The Morgan fingerprint density at radius 1 is 1.07 bits per heavy atom. The van der Waals surface area contributed by atoms with E-state index in [4.69, 9.17) is 14.6 Å². The summed E-state index contributed by atoms with van der Waals surface area (Å²) in [6.45, 7) is 1.79. The summed E-state index contributed by atoms with van der Waals surface area (Å²) in [5.41, 5.74) is 1.72. The zero-order valence-corrected chi connectivity index (χ0v) is 15.9. The molecule has 0 bridgehead atoms. The third kappa shape index (κ3) is 6.42. The van der Waals surface area contributed by atoms with E-state index in [2.05, 4.69) is 5.32 Å². The average molecular weight is 385 g/mol. The Hall–Kier alpha value is -3.35. The van der Waals surface area contributed by atoms with Crippen LogP contribution in [0.4, 0.5) is 5.69 Å². The molecular weight excluding hydrogens is 362 g/mol. The van der Waals surface area contributed by atoms with E-state index in [9.17, 15) is 14.4 Å². The molecule has 0 fully saturated rings. The number of Topliss-reactive ketones (excluding diaryl/α,β-unsaturated/α-hetero) is 1. The zero-order valence-electron chi connectivity index (χ0n) is 15.9. The first-order valence-corrected chi connectivity index (χ1v) is 8.81. The first kappa shape index (κ1) is 21.0. The van der Waals surface area contributed by atoms with Gasteiger partial charge in [0.2, 0.25) is 5.91 Å². The summed E-state index contributed by atoms with van der Waals surface area (Å²) in [4.78, 5) is 34.2. The van der Waals surface area contributed by atoms with Crippen LogP contribution in [0.3, 0.4) is 0 Å². The predicted molar refractivity (Wildman–Crippen MR) is 104 cm³/mol. The largest absolute Gasteiger partial charge is 0.493 e. The number of hydrogen-bond donors (Lipinski definition) is 2. The van der Waals surface area contributed by atoms with Crippen LogP contribution in [0.2, 0.25) is 0 Å². The smallest absolute Gasteiger partial charge is 0.307 e. The van der Waals surface area contributed by atoms with Crippen LogP contribution < -0.4 is 14.8 Å². The van der Waals surface area contributed by atoms with Gasteiger partial charge in [-0.15, -0.1) is 0 Å². The van der Waals surface area contributed by atoms with E-state index in [1.807, 2.05) is 0 Å². The van der Waals surface area contributed by atoms with E-state index in [1.165, 1.54) is 14.0 Å². The monoisotopic (exact) mass is 385 g/mol. The molecule has 0 saturated heterocycles. The quantitative estimate of drug-likeness (QED) is 0.480. The normalized spacial score (nSPS) is 10.2. The molecule has 0 heterocycles. The molecule has 7 heteroatoms. The molecule has 7 nitrogen and oxygen atoms in total. The van der Waals surface area contributed by atoms with Crippen LogP contribution in [0.25, 0.3) is 0 Å². The molecule has 2 aromatic carbocycles. The number of carbonyl (C=O) groups excluding carboxylic acids is 2. The van der Waals surface area contributed by atoms with Crippen molar-refractivity contribution >= 4 is 23.3 Å². The summed E-state index contributed by atoms with van der Waals surface area (Å²) in [5.74, 6) is -0.196. The molecule has 0 aliphatic carbocycles. The van der Waals surface area contributed by atoms with Gasteiger partial charge in [0, 0.05) is 17.7 Å². The molecule has 0 unspecified atom stereocenters. The number of ketones is 1. The van der Waals surface area contributed by atoms with Gasteiger partial charge in [-0.2, -0.15) is 0 Å². The number of rotatable bonds is 10. The van der Waals surface area contributed by atoms with Crippen molar-refractivity contribution in [3.8, 4) is 11.5 Å². The van der Waals surface area contributed by atoms with Crippen molar-refractivity contribution in [2.45, 2.75) is 26.2 Å². The summed E-state index contributed by atoms with van der Waals surface area (Å²) in [5, 5.41) is 11.6. The molecule has 0 aromatic heterocycles. The molecule has 0 atom stereocenters. The molecule has 1 amide bonds. The Morgan fingerprint density at radius 2 is 1.86 bits per heavy atom. The van der Waals surface area contributed by atoms with Gasteiger partial charge < -0.3 is 19.9 Å². The van der Waals surface area contributed by atoms with Crippen LogP contribution in [0, 0.1) is 0 Å². The van der Waals surface area contributed by atoms with Gasteiger partial charge in [-0.3, -0.25) is 14.4 Å². The standard InChI is InChI=1S/C21H23NO6/c1-14(23)16-8-9-18(19(13-16)27-2)28-10-4-7-20(24)22-17-6-3-5-15(11-17)12-21(25)26/h3,5-6,8-9,11,13H,4,7,10,12H2,1-2H3,(H,22,24)(H,25,26). The molecule has 0 aliphatic rings. The summed E-state index contributed by atoms with van der Waals surface area (Å²) < 4.78 is 10.9.